The number of carbonyl (C=O) groups is 1. The predicted octanol–water partition coefficient (Wildman–Crippen LogP) is -0.682. The standard InChI is InChI=1S/C7H13NO3/c1-10-4-6(9)7-5(8)2-3-11-7/h5,7H,2-4,8H2,1H3. The van der Waals surface area contributed by atoms with Gasteiger partial charge in [-0.2, -0.15) is 0 Å². The first kappa shape index (κ1) is 8.64. The van der Waals surface area contributed by atoms with E-state index in [0.717, 1.165) is 6.42 Å². The van der Waals surface area contributed by atoms with Crippen molar-refractivity contribution in [3.63, 3.8) is 0 Å². The van der Waals surface area contributed by atoms with E-state index in [2.05, 4.69) is 4.74 Å². The first-order chi connectivity index (χ1) is 5.25. The SMILES string of the molecule is COCC(=O)C1OCCC1N. The summed E-state index contributed by atoms with van der Waals surface area (Å²) in [5.41, 5.74) is 5.61. The minimum absolute atomic E-state index is 0.0579. The highest BCUT2D eigenvalue weighted by Crippen LogP contribution is 2.11. The number of rotatable bonds is 3. The molecule has 4 nitrogen and oxygen atoms in total. The first-order valence-corrected chi connectivity index (χ1v) is 3.64. The Hall–Kier alpha value is -0.450. The summed E-state index contributed by atoms with van der Waals surface area (Å²) in [4.78, 5) is 11.1. The van der Waals surface area contributed by atoms with E-state index in [4.69, 9.17) is 10.5 Å². The molecule has 0 saturated carbocycles. The molecule has 0 aromatic carbocycles. The zero-order chi connectivity index (χ0) is 8.27. The zero-order valence-corrected chi connectivity index (χ0v) is 6.58. The lowest BCUT2D eigenvalue weighted by Gasteiger charge is -2.11. The van der Waals surface area contributed by atoms with Crippen LogP contribution in [0.1, 0.15) is 6.42 Å². The van der Waals surface area contributed by atoms with E-state index < -0.39 is 6.10 Å². The van der Waals surface area contributed by atoms with E-state index in [1.165, 1.54) is 7.11 Å². The van der Waals surface area contributed by atoms with Gasteiger partial charge in [0.2, 0.25) is 0 Å². The van der Waals surface area contributed by atoms with E-state index in [1.54, 1.807) is 0 Å². The molecule has 0 aromatic heterocycles. The average Bonchev–Trinajstić information content (AvgIpc) is 2.36. The van der Waals surface area contributed by atoms with Crippen molar-refractivity contribution in [1.29, 1.82) is 0 Å². The monoisotopic (exact) mass is 159 g/mol. The van der Waals surface area contributed by atoms with Crippen LogP contribution < -0.4 is 5.73 Å². The number of methoxy groups -OCH3 is 1. The highest BCUT2D eigenvalue weighted by atomic mass is 16.5. The molecule has 11 heavy (non-hydrogen) atoms. The van der Waals surface area contributed by atoms with Gasteiger partial charge in [0.25, 0.3) is 0 Å². The molecule has 0 bridgehead atoms. The number of ether oxygens (including phenoxy) is 2. The van der Waals surface area contributed by atoms with Gasteiger partial charge in [-0.3, -0.25) is 4.79 Å². The smallest absolute Gasteiger partial charge is 0.188 e. The lowest BCUT2D eigenvalue weighted by molar-refractivity contribution is -0.132. The van der Waals surface area contributed by atoms with Gasteiger partial charge in [-0.1, -0.05) is 0 Å². The van der Waals surface area contributed by atoms with E-state index in [-0.39, 0.29) is 18.4 Å². The molecule has 1 heterocycles. The normalized spacial score (nSPS) is 30.7. The summed E-state index contributed by atoms with van der Waals surface area (Å²) >= 11 is 0. The molecule has 64 valence electrons. The van der Waals surface area contributed by atoms with Crippen LogP contribution in [0.2, 0.25) is 0 Å². The molecule has 0 radical (unpaired) electrons. The number of hydrogen-bond acceptors (Lipinski definition) is 4. The second-order valence-electron chi connectivity index (χ2n) is 2.64. The maximum absolute atomic E-state index is 11.1. The van der Waals surface area contributed by atoms with E-state index in [1.807, 2.05) is 0 Å². The number of nitrogens with two attached hydrogens (primary N) is 1. The summed E-state index contributed by atoms with van der Waals surface area (Å²) in [6.45, 7) is 0.680. The summed E-state index contributed by atoms with van der Waals surface area (Å²) in [7, 11) is 1.48. The second-order valence-corrected chi connectivity index (χ2v) is 2.64. The van der Waals surface area contributed by atoms with Crippen molar-refractivity contribution in [2.45, 2.75) is 18.6 Å². The Bertz CT molecular complexity index is 149. The zero-order valence-electron chi connectivity index (χ0n) is 6.58. The first-order valence-electron chi connectivity index (χ1n) is 3.64. The molecule has 0 aliphatic carbocycles. The molecule has 4 heteroatoms. The largest absolute Gasteiger partial charge is 0.377 e. The van der Waals surface area contributed by atoms with Gasteiger partial charge in [0.1, 0.15) is 12.7 Å². The molecule has 0 aromatic rings. The third-order valence-corrected chi connectivity index (χ3v) is 1.74. The Kier molecular flexibility index (Phi) is 2.99. The maximum Gasteiger partial charge on any atom is 0.188 e. The van der Waals surface area contributed by atoms with Crippen LogP contribution in [0.15, 0.2) is 0 Å². The van der Waals surface area contributed by atoms with E-state index >= 15 is 0 Å². The lowest BCUT2D eigenvalue weighted by Crippen LogP contribution is -2.38. The molecule has 1 aliphatic heterocycles. The molecule has 2 N–H and O–H groups in total. The minimum Gasteiger partial charge on any atom is -0.377 e. The maximum atomic E-state index is 11.1. The van der Waals surface area contributed by atoms with Crippen molar-refractivity contribution in [1.82, 2.24) is 0 Å². The van der Waals surface area contributed by atoms with Gasteiger partial charge in [-0.05, 0) is 6.42 Å². The minimum atomic E-state index is -0.435. The van der Waals surface area contributed by atoms with Crippen molar-refractivity contribution >= 4 is 5.78 Å². The molecule has 0 amide bonds. The number of Topliss-reactive ketones (excluding diaryl/α,β-unsaturated/α-hetero) is 1. The van der Waals surface area contributed by atoms with Crippen LogP contribution in [0, 0.1) is 0 Å². The fraction of sp³-hybridized carbons (Fsp3) is 0.857. The molecule has 2 atom stereocenters. The highest BCUT2D eigenvalue weighted by Gasteiger charge is 2.30. The molecule has 0 spiro atoms. The van der Waals surface area contributed by atoms with Gasteiger partial charge in [0.05, 0.1) is 0 Å². The van der Waals surface area contributed by atoms with Crippen LogP contribution in [-0.4, -0.2) is 38.3 Å². The van der Waals surface area contributed by atoms with Crippen LogP contribution in [0.5, 0.6) is 0 Å². The van der Waals surface area contributed by atoms with Crippen molar-refractivity contribution in [3.05, 3.63) is 0 Å². The van der Waals surface area contributed by atoms with Gasteiger partial charge in [-0.15, -0.1) is 0 Å². The highest BCUT2D eigenvalue weighted by molar-refractivity contribution is 5.85. The molecule has 1 aliphatic rings. The van der Waals surface area contributed by atoms with Gasteiger partial charge < -0.3 is 15.2 Å². The van der Waals surface area contributed by atoms with Crippen LogP contribution in [0.4, 0.5) is 0 Å². The summed E-state index contributed by atoms with van der Waals surface area (Å²) < 4.78 is 9.80. The molecular formula is C7H13NO3. The third kappa shape index (κ3) is 1.99. The number of ketones is 1. The van der Waals surface area contributed by atoms with Crippen molar-refractivity contribution in [3.8, 4) is 0 Å². The summed E-state index contributed by atoms with van der Waals surface area (Å²) in [5.74, 6) is -0.0579. The van der Waals surface area contributed by atoms with Crippen molar-refractivity contribution in [2.75, 3.05) is 20.3 Å². The Morgan fingerprint density at radius 3 is 3.00 bits per heavy atom. The Balaban J connectivity index is 2.39. The van der Waals surface area contributed by atoms with Gasteiger partial charge in [0.15, 0.2) is 5.78 Å². The molecule has 1 saturated heterocycles. The van der Waals surface area contributed by atoms with Gasteiger partial charge in [0, 0.05) is 19.8 Å². The van der Waals surface area contributed by atoms with Crippen LogP contribution >= 0.6 is 0 Å². The van der Waals surface area contributed by atoms with Crippen molar-refractivity contribution < 1.29 is 14.3 Å². The second kappa shape index (κ2) is 3.80. The summed E-state index contributed by atoms with van der Waals surface area (Å²) in [5, 5.41) is 0. The molecule has 1 rings (SSSR count). The lowest BCUT2D eigenvalue weighted by atomic mass is 10.1. The van der Waals surface area contributed by atoms with Crippen LogP contribution in [0.3, 0.4) is 0 Å². The fourth-order valence-electron chi connectivity index (χ4n) is 1.16. The van der Waals surface area contributed by atoms with E-state index in [9.17, 15) is 4.79 Å². The Morgan fingerprint density at radius 2 is 2.55 bits per heavy atom. The average molecular weight is 159 g/mol. The quantitative estimate of drug-likeness (QED) is 0.592. The fourth-order valence-corrected chi connectivity index (χ4v) is 1.16. The number of carbonyl (C=O) groups excluding carboxylic acids is 1. The predicted molar refractivity (Wildman–Crippen MR) is 39.2 cm³/mol. The van der Waals surface area contributed by atoms with Crippen LogP contribution in [0.25, 0.3) is 0 Å². The summed E-state index contributed by atoms with van der Waals surface area (Å²) in [6.07, 6.45) is 0.329. The number of hydrogen-bond donors (Lipinski definition) is 1. The molecule has 2 unspecified atom stereocenters. The van der Waals surface area contributed by atoms with Crippen molar-refractivity contribution in [2.24, 2.45) is 5.73 Å². The van der Waals surface area contributed by atoms with Gasteiger partial charge >= 0.3 is 0 Å². The van der Waals surface area contributed by atoms with E-state index in [0.29, 0.717) is 6.61 Å². The third-order valence-electron chi connectivity index (χ3n) is 1.74. The topological polar surface area (TPSA) is 61.5 Å². The van der Waals surface area contributed by atoms with Crippen LogP contribution in [-0.2, 0) is 14.3 Å². The molecule has 1 fully saturated rings. The Labute approximate surface area is 65.7 Å². The summed E-state index contributed by atoms with van der Waals surface area (Å²) in [6, 6.07) is -0.141. The van der Waals surface area contributed by atoms with Gasteiger partial charge in [-0.25, -0.2) is 0 Å². The molecular weight excluding hydrogens is 146 g/mol. The Morgan fingerprint density at radius 1 is 1.82 bits per heavy atom.